The molecule has 31 heavy (non-hydrogen) atoms. The number of hydrogen-bond acceptors (Lipinski definition) is 5. The Labute approximate surface area is 174 Å². The van der Waals surface area contributed by atoms with Crippen LogP contribution in [0.1, 0.15) is 11.3 Å². The first-order valence-corrected chi connectivity index (χ1v) is 8.80. The van der Waals surface area contributed by atoms with E-state index < -0.39 is 29.5 Å². The predicted octanol–water partition coefficient (Wildman–Crippen LogP) is 4.34. The molecule has 2 aromatic carbocycles. The van der Waals surface area contributed by atoms with Crippen LogP contribution >= 0.6 is 0 Å². The third-order valence-corrected chi connectivity index (χ3v) is 4.13. The summed E-state index contributed by atoms with van der Waals surface area (Å²) in [5.74, 6) is -0.457. The molecule has 11 heteroatoms. The topological polar surface area (TPSA) is 74.6 Å². The quantitative estimate of drug-likeness (QED) is 0.579. The van der Waals surface area contributed by atoms with E-state index in [1.54, 1.807) is 18.2 Å². The van der Waals surface area contributed by atoms with Gasteiger partial charge in [-0.05, 0) is 42.0 Å². The molecule has 0 unspecified atom stereocenters. The Balaban J connectivity index is 1.78. The van der Waals surface area contributed by atoms with Crippen LogP contribution in [0.3, 0.4) is 0 Å². The Morgan fingerprint density at radius 1 is 1.06 bits per heavy atom. The lowest BCUT2D eigenvalue weighted by Gasteiger charge is -2.13. The number of hydrogen-bond donors (Lipinski definition) is 1. The highest BCUT2D eigenvalue weighted by Crippen LogP contribution is 2.37. The number of aromatic nitrogens is 2. The number of carbonyl (C=O) groups is 1. The van der Waals surface area contributed by atoms with Gasteiger partial charge >= 0.3 is 12.3 Å². The largest absolute Gasteiger partial charge is 0.497 e. The molecular weight excluding hydrogens is 422 g/mol. The molecule has 164 valence electrons. The van der Waals surface area contributed by atoms with Crippen LogP contribution in [0.5, 0.6) is 17.2 Å². The summed E-state index contributed by atoms with van der Waals surface area (Å²) in [5, 5.41) is 5.99. The number of methoxy groups -OCH3 is 2. The highest BCUT2D eigenvalue weighted by atomic mass is 19.4. The van der Waals surface area contributed by atoms with Crippen LogP contribution < -0.4 is 19.5 Å². The van der Waals surface area contributed by atoms with Gasteiger partial charge in [0.25, 0.3) is 0 Å². The summed E-state index contributed by atoms with van der Waals surface area (Å²) in [6.07, 6.45) is -5.24. The Morgan fingerprint density at radius 3 is 2.23 bits per heavy atom. The number of rotatable bonds is 6. The fourth-order valence-corrected chi connectivity index (χ4v) is 2.72. The third kappa shape index (κ3) is 5.24. The van der Waals surface area contributed by atoms with Crippen molar-refractivity contribution in [2.24, 2.45) is 0 Å². The minimum absolute atomic E-state index is 0.0486. The summed E-state index contributed by atoms with van der Waals surface area (Å²) in [5.41, 5.74) is -0.782. The Kier molecular flexibility index (Phi) is 6.33. The highest BCUT2D eigenvalue weighted by molar-refractivity contribution is 5.70. The zero-order chi connectivity index (χ0) is 22.6. The number of halogens is 4. The summed E-state index contributed by atoms with van der Waals surface area (Å²) in [6, 6.07) is 9.10. The minimum atomic E-state index is -4.89. The van der Waals surface area contributed by atoms with Gasteiger partial charge in [0.15, 0.2) is 11.4 Å². The number of nitrogens with zero attached hydrogens (tertiary/aromatic N) is 2. The van der Waals surface area contributed by atoms with E-state index in [1.807, 2.05) is 0 Å². The normalized spacial score (nSPS) is 11.2. The molecular formula is C20H17F4N3O4. The Hall–Kier alpha value is -3.76. The predicted molar refractivity (Wildman–Crippen MR) is 101 cm³/mol. The second-order valence-corrected chi connectivity index (χ2v) is 6.21. The van der Waals surface area contributed by atoms with Gasteiger partial charge in [-0.2, -0.15) is 18.3 Å². The average molecular weight is 439 g/mol. The molecule has 7 nitrogen and oxygen atoms in total. The van der Waals surface area contributed by atoms with Gasteiger partial charge in [0.1, 0.15) is 17.3 Å². The number of ether oxygens (including phenoxy) is 3. The summed E-state index contributed by atoms with van der Waals surface area (Å²) in [7, 11) is 2.91. The minimum Gasteiger partial charge on any atom is -0.497 e. The molecule has 3 aromatic rings. The summed E-state index contributed by atoms with van der Waals surface area (Å²) < 4.78 is 69.5. The molecule has 1 heterocycles. The van der Waals surface area contributed by atoms with E-state index >= 15 is 0 Å². The van der Waals surface area contributed by atoms with E-state index in [9.17, 15) is 22.4 Å². The van der Waals surface area contributed by atoms with Crippen LogP contribution in [-0.2, 0) is 12.7 Å². The smallest absolute Gasteiger partial charge is 0.437 e. The van der Waals surface area contributed by atoms with Gasteiger partial charge in [-0.25, -0.2) is 13.9 Å². The molecule has 0 spiro atoms. The molecule has 0 aliphatic carbocycles. The first-order valence-electron chi connectivity index (χ1n) is 8.80. The fourth-order valence-electron chi connectivity index (χ4n) is 2.72. The molecule has 0 saturated heterocycles. The van der Waals surface area contributed by atoms with E-state index in [0.717, 1.165) is 30.5 Å². The zero-order valence-electron chi connectivity index (χ0n) is 16.4. The van der Waals surface area contributed by atoms with Gasteiger partial charge < -0.3 is 19.5 Å². The molecule has 0 radical (unpaired) electrons. The lowest BCUT2D eigenvalue weighted by atomic mass is 10.2. The second kappa shape index (κ2) is 8.94. The van der Waals surface area contributed by atoms with Crippen molar-refractivity contribution in [2.75, 3.05) is 14.2 Å². The van der Waals surface area contributed by atoms with Crippen LogP contribution in [0.15, 0.2) is 48.7 Å². The SMILES string of the molecule is COc1cc(CNC(=O)Oc2cnn(-c3ccc(F)cc3)c2C(F)(F)F)cc(OC)c1. The van der Waals surface area contributed by atoms with Crippen molar-refractivity contribution in [3.05, 3.63) is 65.7 Å². The van der Waals surface area contributed by atoms with Crippen molar-refractivity contribution in [2.45, 2.75) is 12.7 Å². The molecule has 1 amide bonds. The molecule has 0 aliphatic heterocycles. The van der Waals surface area contributed by atoms with Gasteiger partial charge in [0.2, 0.25) is 0 Å². The van der Waals surface area contributed by atoms with Crippen molar-refractivity contribution in [1.29, 1.82) is 0 Å². The number of amides is 1. The van der Waals surface area contributed by atoms with E-state index in [-0.39, 0.29) is 12.2 Å². The molecule has 1 N–H and O–H groups in total. The van der Waals surface area contributed by atoms with E-state index in [2.05, 4.69) is 10.4 Å². The first-order chi connectivity index (χ1) is 14.7. The maximum Gasteiger partial charge on any atom is 0.437 e. The van der Waals surface area contributed by atoms with Crippen molar-refractivity contribution < 1.29 is 36.6 Å². The summed E-state index contributed by atoms with van der Waals surface area (Å²) in [6.45, 7) is -0.0557. The van der Waals surface area contributed by atoms with Crippen molar-refractivity contribution in [1.82, 2.24) is 15.1 Å². The van der Waals surface area contributed by atoms with Crippen LogP contribution in [0.4, 0.5) is 22.4 Å². The monoisotopic (exact) mass is 439 g/mol. The molecule has 0 atom stereocenters. The van der Waals surface area contributed by atoms with Crippen LogP contribution in [-0.4, -0.2) is 30.1 Å². The molecule has 0 aliphatic rings. The van der Waals surface area contributed by atoms with Gasteiger partial charge in [0, 0.05) is 12.6 Å². The van der Waals surface area contributed by atoms with Crippen LogP contribution in [0.2, 0.25) is 0 Å². The first kappa shape index (κ1) is 21.9. The van der Waals surface area contributed by atoms with Gasteiger partial charge in [-0.1, -0.05) is 0 Å². The Morgan fingerprint density at radius 2 is 1.68 bits per heavy atom. The van der Waals surface area contributed by atoms with Crippen LogP contribution in [0, 0.1) is 5.82 Å². The maximum atomic E-state index is 13.6. The van der Waals surface area contributed by atoms with Gasteiger partial charge in [-0.3, -0.25) is 0 Å². The van der Waals surface area contributed by atoms with Crippen molar-refractivity contribution in [3.63, 3.8) is 0 Å². The maximum absolute atomic E-state index is 13.6. The summed E-state index contributed by atoms with van der Waals surface area (Å²) >= 11 is 0. The molecule has 0 fully saturated rings. The van der Waals surface area contributed by atoms with Gasteiger partial charge in [-0.15, -0.1) is 0 Å². The average Bonchev–Trinajstić information content (AvgIpc) is 3.16. The third-order valence-electron chi connectivity index (χ3n) is 4.13. The van der Waals surface area contributed by atoms with Gasteiger partial charge in [0.05, 0.1) is 26.1 Å². The van der Waals surface area contributed by atoms with Crippen molar-refractivity contribution in [3.8, 4) is 22.9 Å². The molecule has 0 saturated carbocycles. The second-order valence-electron chi connectivity index (χ2n) is 6.21. The van der Waals surface area contributed by atoms with E-state index in [0.29, 0.717) is 21.7 Å². The standard InChI is InChI=1S/C20H17F4N3O4/c1-29-15-7-12(8-16(9-15)30-2)10-25-19(28)31-17-11-26-27(18(17)20(22,23)24)14-5-3-13(21)4-6-14/h3-9,11H,10H2,1-2H3,(H,25,28). The summed E-state index contributed by atoms with van der Waals surface area (Å²) in [4.78, 5) is 12.1. The Bertz CT molecular complexity index is 1040. The molecule has 1 aromatic heterocycles. The highest BCUT2D eigenvalue weighted by Gasteiger charge is 2.40. The van der Waals surface area contributed by atoms with E-state index in [4.69, 9.17) is 14.2 Å². The number of alkyl halides is 3. The number of benzene rings is 2. The molecule has 0 bridgehead atoms. The lowest BCUT2D eigenvalue weighted by molar-refractivity contribution is -0.143. The molecule has 3 rings (SSSR count). The number of nitrogens with one attached hydrogen (secondary N) is 1. The number of carbonyl (C=O) groups excluding carboxylic acids is 1. The zero-order valence-corrected chi connectivity index (χ0v) is 16.4. The van der Waals surface area contributed by atoms with Crippen LogP contribution in [0.25, 0.3) is 5.69 Å². The lowest BCUT2D eigenvalue weighted by Crippen LogP contribution is -2.27. The fraction of sp³-hybridized carbons (Fsp3) is 0.200. The van der Waals surface area contributed by atoms with Crippen molar-refractivity contribution >= 4 is 6.09 Å². The van der Waals surface area contributed by atoms with E-state index in [1.165, 1.54) is 14.2 Å².